The molecule has 0 spiro atoms. The molecule has 1 aliphatic heterocycles. The molecule has 0 radical (unpaired) electrons. The number of amides is 2. The highest BCUT2D eigenvalue weighted by molar-refractivity contribution is 7.89. The van der Waals surface area contributed by atoms with Crippen LogP contribution in [-0.2, 0) is 32.5 Å². The molecular formula is C29H39N5O6S. The van der Waals surface area contributed by atoms with E-state index in [2.05, 4.69) is 10.7 Å². The number of hydrogen-bond acceptors (Lipinski definition) is 8. The smallest absolute Gasteiger partial charge is 0.252 e. The quantitative estimate of drug-likeness (QED) is 0.283. The van der Waals surface area contributed by atoms with Crippen LogP contribution >= 0.6 is 0 Å². The topological polar surface area (TPSA) is 152 Å². The number of hydrogen-bond donors (Lipinski definition) is 3. The summed E-state index contributed by atoms with van der Waals surface area (Å²) >= 11 is 0. The molecule has 0 saturated carbocycles. The van der Waals surface area contributed by atoms with Crippen molar-refractivity contribution in [2.45, 2.75) is 56.6 Å². The molecule has 2 aromatic carbocycles. The monoisotopic (exact) mass is 585 g/mol. The number of rotatable bonds is 14. The summed E-state index contributed by atoms with van der Waals surface area (Å²) in [7, 11) is -2.46. The van der Waals surface area contributed by atoms with Crippen LogP contribution in [-0.4, -0.2) is 80.1 Å². The summed E-state index contributed by atoms with van der Waals surface area (Å²) in [6.07, 6.45) is -0.911. The molecule has 2 atom stereocenters. The number of sulfonamides is 1. The van der Waals surface area contributed by atoms with Crippen molar-refractivity contribution < 1.29 is 27.9 Å². The average Bonchev–Trinajstić information content (AvgIpc) is 3.42. The zero-order chi connectivity index (χ0) is 30.0. The van der Waals surface area contributed by atoms with Crippen LogP contribution in [0.4, 0.5) is 0 Å². The predicted octanol–water partition coefficient (Wildman–Crippen LogP) is 1.62. The van der Waals surface area contributed by atoms with Crippen LogP contribution in [0.3, 0.4) is 0 Å². The van der Waals surface area contributed by atoms with E-state index in [4.69, 9.17) is 10.00 Å². The molecule has 11 nitrogen and oxygen atoms in total. The zero-order valence-corrected chi connectivity index (χ0v) is 24.6. The van der Waals surface area contributed by atoms with E-state index in [-0.39, 0.29) is 49.7 Å². The number of aliphatic hydroxyl groups is 1. The van der Waals surface area contributed by atoms with Crippen molar-refractivity contribution in [3.63, 3.8) is 0 Å². The first kappa shape index (κ1) is 32.0. The van der Waals surface area contributed by atoms with Gasteiger partial charge in [0.15, 0.2) is 0 Å². The van der Waals surface area contributed by atoms with Crippen molar-refractivity contribution in [3.8, 4) is 11.8 Å². The largest absolute Gasteiger partial charge is 0.493 e. The van der Waals surface area contributed by atoms with E-state index in [0.717, 1.165) is 16.1 Å². The zero-order valence-electron chi connectivity index (χ0n) is 23.7. The fourth-order valence-electron chi connectivity index (χ4n) is 4.68. The number of benzene rings is 2. The van der Waals surface area contributed by atoms with Crippen LogP contribution in [0, 0.1) is 17.2 Å². The number of carbonyl (C=O) groups excluding carboxylic acids is 2. The maximum absolute atomic E-state index is 13.9. The molecule has 2 amide bonds. The molecule has 1 aliphatic rings. The van der Waals surface area contributed by atoms with Crippen LogP contribution in [0.2, 0.25) is 0 Å². The van der Waals surface area contributed by atoms with Gasteiger partial charge in [-0.3, -0.25) is 15.0 Å². The lowest BCUT2D eigenvalue weighted by Crippen LogP contribution is -2.60. The maximum Gasteiger partial charge on any atom is 0.252 e. The number of aliphatic hydroxyl groups excluding tert-OH is 1. The molecule has 3 N–H and O–H groups in total. The van der Waals surface area contributed by atoms with Crippen molar-refractivity contribution in [1.29, 1.82) is 5.26 Å². The average molecular weight is 586 g/mol. The van der Waals surface area contributed by atoms with Gasteiger partial charge in [0.05, 0.1) is 36.3 Å². The van der Waals surface area contributed by atoms with E-state index in [9.17, 15) is 23.1 Å². The van der Waals surface area contributed by atoms with Crippen LogP contribution in [0.15, 0.2) is 53.4 Å². The summed E-state index contributed by atoms with van der Waals surface area (Å²) in [5.41, 5.74) is 4.15. The molecule has 0 fully saturated rings. The number of fused-ring (bicyclic) bond motifs is 1. The summed E-state index contributed by atoms with van der Waals surface area (Å²) in [4.78, 5) is 25.9. The van der Waals surface area contributed by atoms with Crippen LogP contribution in [0.1, 0.15) is 37.8 Å². The summed E-state index contributed by atoms with van der Waals surface area (Å²) in [5.74, 6) is -0.486. The van der Waals surface area contributed by atoms with Gasteiger partial charge in [0.25, 0.3) is 5.91 Å². The van der Waals surface area contributed by atoms with Crippen molar-refractivity contribution in [1.82, 2.24) is 20.1 Å². The molecule has 0 saturated heterocycles. The fraction of sp³-hybridized carbons (Fsp3) is 0.483. The van der Waals surface area contributed by atoms with Gasteiger partial charge in [-0.05, 0) is 48.7 Å². The van der Waals surface area contributed by atoms with Crippen molar-refractivity contribution in [2.24, 2.45) is 5.92 Å². The van der Waals surface area contributed by atoms with Crippen LogP contribution in [0.25, 0.3) is 0 Å². The highest BCUT2D eigenvalue weighted by Crippen LogP contribution is 2.29. The molecule has 0 aliphatic carbocycles. The second kappa shape index (κ2) is 14.9. The summed E-state index contributed by atoms with van der Waals surface area (Å²) in [6, 6.07) is 14.7. The predicted molar refractivity (Wildman–Crippen MR) is 153 cm³/mol. The minimum absolute atomic E-state index is 0.0639. The SMILES string of the molecule is CNCC(=O)NN(C(=O)CCC#N)[C@@H](Cc1ccccc1)[C@H](O)CN(CC(C)C)S(=O)(=O)c1ccc2c(c1)CCO2. The lowest BCUT2D eigenvalue weighted by molar-refractivity contribution is -0.147. The van der Waals surface area contributed by atoms with Gasteiger partial charge in [0.1, 0.15) is 5.75 Å². The Hall–Kier alpha value is -3.50. The molecule has 3 rings (SSSR count). The van der Waals surface area contributed by atoms with E-state index in [0.29, 0.717) is 18.8 Å². The first-order chi connectivity index (χ1) is 19.6. The molecule has 0 aromatic heterocycles. The molecule has 0 unspecified atom stereocenters. The Bertz CT molecular complexity index is 1330. The Balaban J connectivity index is 1.98. The second-order valence-electron chi connectivity index (χ2n) is 10.4. The van der Waals surface area contributed by atoms with Crippen LogP contribution < -0.4 is 15.5 Å². The number of ether oxygens (including phenoxy) is 1. The third-order valence-corrected chi connectivity index (χ3v) is 8.45. The Morgan fingerprint density at radius 3 is 2.54 bits per heavy atom. The Morgan fingerprint density at radius 1 is 1.15 bits per heavy atom. The van der Waals surface area contributed by atoms with E-state index < -0.39 is 34.0 Å². The van der Waals surface area contributed by atoms with Gasteiger partial charge in [0, 0.05) is 32.4 Å². The lowest BCUT2D eigenvalue weighted by Gasteiger charge is -2.37. The number of carbonyl (C=O) groups is 2. The van der Waals surface area contributed by atoms with Crippen molar-refractivity contribution in [3.05, 3.63) is 59.7 Å². The van der Waals surface area contributed by atoms with Gasteiger partial charge >= 0.3 is 0 Å². The van der Waals surface area contributed by atoms with Gasteiger partial charge in [0.2, 0.25) is 15.9 Å². The normalized spacial score (nSPS) is 14.2. The van der Waals surface area contributed by atoms with Crippen LogP contribution in [0.5, 0.6) is 5.75 Å². The number of nitrogens with zero attached hydrogens (tertiary/aromatic N) is 3. The molecular weight excluding hydrogens is 546 g/mol. The maximum atomic E-state index is 13.9. The molecule has 1 heterocycles. The van der Waals surface area contributed by atoms with E-state index in [1.807, 2.05) is 50.2 Å². The standard InChI is InChI=1S/C29H39N5O6S/c1-21(2)19-33(41(38,39)24-11-12-27-23(17-24)13-15-40-27)20-26(35)25(16-22-8-5-4-6-9-22)34(29(37)10-7-14-30)32-28(36)18-31-3/h4-6,8-9,11-12,17,21,25-26,31,35H,7,10,13,15-16,18-20H2,1-3H3,(H,32,36)/t25-,26+/m0/s1. The van der Waals surface area contributed by atoms with E-state index in [1.165, 1.54) is 10.4 Å². The Kier molecular flexibility index (Phi) is 11.7. The minimum atomic E-state index is -4.04. The van der Waals surface area contributed by atoms with Crippen molar-refractivity contribution >= 4 is 21.8 Å². The number of nitrogens with one attached hydrogen (secondary N) is 2. The van der Waals surface area contributed by atoms with E-state index >= 15 is 0 Å². The Labute approximate surface area is 242 Å². The molecule has 2 aromatic rings. The molecule has 12 heteroatoms. The first-order valence-electron chi connectivity index (χ1n) is 13.7. The third-order valence-electron chi connectivity index (χ3n) is 6.62. The van der Waals surface area contributed by atoms with E-state index in [1.54, 1.807) is 19.2 Å². The molecule has 222 valence electrons. The summed E-state index contributed by atoms with van der Waals surface area (Å²) < 4.78 is 34.5. The highest BCUT2D eigenvalue weighted by atomic mass is 32.2. The second-order valence-corrected chi connectivity index (χ2v) is 12.3. The van der Waals surface area contributed by atoms with Gasteiger partial charge in [-0.1, -0.05) is 44.2 Å². The van der Waals surface area contributed by atoms with Gasteiger partial charge in [-0.15, -0.1) is 0 Å². The first-order valence-corrected chi connectivity index (χ1v) is 15.1. The van der Waals surface area contributed by atoms with Gasteiger partial charge in [-0.2, -0.15) is 9.57 Å². The molecule has 0 bridgehead atoms. The highest BCUT2D eigenvalue weighted by Gasteiger charge is 2.36. The van der Waals surface area contributed by atoms with Crippen molar-refractivity contribution in [2.75, 3.05) is 33.3 Å². The summed E-state index contributed by atoms with van der Waals surface area (Å²) in [5, 5.41) is 24.5. The minimum Gasteiger partial charge on any atom is -0.493 e. The number of hydrazine groups is 1. The number of nitriles is 1. The lowest BCUT2D eigenvalue weighted by atomic mass is 9.99. The molecule has 41 heavy (non-hydrogen) atoms. The fourth-order valence-corrected chi connectivity index (χ4v) is 6.36. The van der Waals surface area contributed by atoms with Gasteiger partial charge in [-0.25, -0.2) is 13.4 Å². The summed E-state index contributed by atoms with van der Waals surface area (Å²) in [6.45, 7) is 3.95. The van der Waals surface area contributed by atoms with Gasteiger partial charge < -0.3 is 15.2 Å². The number of likely N-dealkylation sites (N-methyl/N-ethyl adjacent to an activating group) is 1. The third kappa shape index (κ3) is 8.74. The Morgan fingerprint density at radius 2 is 1.88 bits per heavy atom.